The molecule has 1 radical (unpaired) electrons. The van der Waals surface area contributed by atoms with Gasteiger partial charge >= 0.3 is 0 Å². The van der Waals surface area contributed by atoms with Crippen LogP contribution < -0.4 is 0 Å². The molecule has 0 spiro atoms. The summed E-state index contributed by atoms with van der Waals surface area (Å²) in [6, 6.07) is 8.55. The van der Waals surface area contributed by atoms with E-state index in [1.807, 2.05) is 40.8 Å². The third-order valence-corrected chi connectivity index (χ3v) is 1.79. The zero-order valence-corrected chi connectivity index (χ0v) is 8.61. The average molecular weight is 275 g/mol. The predicted octanol–water partition coefficient (Wildman–Crippen LogP) is 3.08. The van der Waals surface area contributed by atoms with Crippen molar-refractivity contribution in [1.82, 2.24) is 0 Å². The Kier molecular flexibility index (Phi) is 3.74. The quantitative estimate of drug-likeness (QED) is 0.546. The van der Waals surface area contributed by atoms with E-state index in [1.165, 1.54) is 0 Å². The summed E-state index contributed by atoms with van der Waals surface area (Å²) in [5, 5.41) is 0.744. The van der Waals surface area contributed by atoms with Gasteiger partial charge in [-0.3, -0.25) is 0 Å². The minimum Gasteiger partial charge on any atom is -0.0871 e. The van der Waals surface area contributed by atoms with Crippen LogP contribution in [0.1, 0.15) is 5.56 Å². The maximum absolute atomic E-state index is 5.75. The molecule has 0 N–H and O–H groups in total. The van der Waals surface area contributed by atoms with E-state index in [0.717, 1.165) is 17.0 Å². The Bertz CT molecular complexity index is 296. The van der Waals surface area contributed by atoms with Gasteiger partial charge in [-0.15, -0.1) is 0 Å². The Morgan fingerprint density at radius 2 is 2.45 bits per heavy atom. The number of halogens is 2. The van der Waals surface area contributed by atoms with Gasteiger partial charge in [0.25, 0.3) is 0 Å². The van der Waals surface area contributed by atoms with Crippen LogP contribution in [0, 0.1) is 15.9 Å². The van der Waals surface area contributed by atoms with Crippen molar-refractivity contribution < 1.29 is 0 Å². The molecule has 55 valence electrons. The van der Waals surface area contributed by atoms with Crippen molar-refractivity contribution in [3.05, 3.63) is 34.9 Å². The smallest absolute Gasteiger partial charge is 0.0409 e. The van der Waals surface area contributed by atoms with Gasteiger partial charge in [0.15, 0.2) is 0 Å². The lowest BCUT2D eigenvalue weighted by Gasteiger charge is -1.92. The summed E-state index contributed by atoms with van der Waals surface area (Å²) < 4.78 is 2.79. The molecule has 1 aromatic carbocycles. The highest BCUT2D eigenvalue weighted by Crippen LogP contribution is 2.09. The van der Waals surface area contributed by atoms with Crippen LogP contribution in [-0.4, -0.2) is 0 Å². The molecule has 0 fully saturated rings. The van der Waals surface area contributed by atoms with Crippen LogP contribution in [0.4, 0.5) is 0 Å². The molecule has 1 rings (SSSR count). The Morgan fingerprint density at radius 1 is 1.64 bits per heavy atom. The van der Waals surface area contributed by atoms with Gasteiger partial charge in [-0.2, -0.15) is 0 Å². The fourth-order valence-corrected chi connectivity index (χ4v) is 1.10. The summed E-state index contributed by atoms with van der Waals surface area (Å²) in [6.07, 6.45) is 0.726. The topological polar surface area (TPSA) is 0 Å². The van der Waals surface area contributed by atoms with Crippen molar-refractivity contribution in [2.45, 2.75) is 6.42 Å². The van der Waals surface area contributed by atoms with Crippen LogP contribution in [-0.2, 0) is 6.42 Å². The Labute approximate surface area is 85.1 Å². The van der Waals surface area contributed by atoms with Crippen LogP contribution in [0.5, 0.6) is 0 Å². The summed E-state index contributed by atoms with van der Waals surface area (Å²) in [5.41, 5.74) is 1.04. The Hall–Kier alpha value is -0.200. The second kappa shape index (κ2) is 4.63. The fourth-order valence-electron chi connectivity index (χ4n) is 0.715. The first kappa shape index (κ1) is 8.89. The summed E-state index contributed by atoms with van der Waals surface area (Å²) in [7, 11) is 0. The predicted molar refractivity (Wildman–Crippen MR) is 55.8 cm³/mol. The molecular formula is C9H5ClI. The van der Waals surface area contributed by atoms with Gasteiger partial charge in [-0.05, 0) is 27.7 Å². The van der Waals surface area contributed by atoms with Crippen LogP contribution >= 0.6 is 34.2 Å². The molecule has 0 aliphatic carbocycles. The van der Waals surface area contributed by atoms with Gasteiger partial charge in [0.05, 0.1) is 0 Å². The Morgan fingerprint density at radius 3 is 3.09 bits per heavy atom. The molecule has 11 heavy (non-hydrogen) atoms. The summed E-state index contributed by atoms with van der Waals surface area (Å²) in [4.78, 5) is 0. The largest absolute Gasteiger partial charge is 0.0871 e. The normalized spacial score (nSPS) is 8.55. The standard InChI is InChI=1S/C9H5ClI/c10-9-5-1-3-8(7-9)4-2-6-11/h1,5,7H,4H2. The summed E-state index contributed by atoms with van der Waals surface area (Å²) in [6.45, 7) is 0. The van der Waals surface area contributed by atoms with E-state index in [0.29, 0.717) is 0 Å². The molecular weight excluding hydrogens is 270 g/mol. The molecule has 0 aromatic heterocycles. The fraction of sp³-hybridized carbons (Fsp3) is 0.111. The minimum atomic E-state index is 0.726. The average Bonchev–Trinajstić information content (AvgIpc) is 2.01. The first-order valence-electron chi connectivity index (χ1n) is 3.07. The van der Waals surface area contributed by atoms with Gasteiger partial charge in [0.2, 0.25) is 0 Å². The van der Waals surface area contributed by atoms with Crippen molar-refractivity contribution in [2.24, 2.45) is 0 Å². The third kappa shape index (κ3) is 3.13. The lowest BCUT2D eigenvalue weighted by molar-refractivity contribution is 1.31. The molecule has 0 aliphatic rings. The number of hydrogen-bond acceptors (Lipinski definition) is 0. The van der Waals surface area contributed by atoms with E-state index in [2.05, 4.69) is 15.9 Å². The Balaban J connectivity index is 2.76. The van der Waals surface area contributed by atoms with Crippen LogP contribution in [0.2, 0.25) is 5.02 Å². The van der Waals surface area contributed by atoms with E-state index < -0.39 is 0 Å². The molecule has 0 saturated heterocycles. The second-order valence-electron chi connectivity index (χ2n) is 1.98. The monoisotopic (exact) mass is 275 g/mol. The molecule has 0 nitrogen and oxygen atoms in total. The maximum Gasteiger partial charge on any atom is 0.0409 e. The van der Waals surface area contributed by atoms with Gasteiger partial charge in [0.1, 0.15) is 0 Å². The van der Waals surface area contributed by atoms with Crippen LogP contribution in [0.15, 0.2) is 18.2 Å². The highest BCUT2D eigenvalue weighted by Gasteiger charge is 1.90. The lowest BCUT2D eigenvalue weighted by Crippen LogP contribution is -1.79. The molecule has 0 heterocycles. The highest BCUT2D eigenvalue weighted by atomic mass is 127. The van der Waals surface area contributed by atoms with E-state index in [-0.39, 0.29) is 0 Å². The van der Waals surface area contributed by atoms with Crippen LogP contribution in [0.3, 0.4) is 0 Å². The van der Waals surface area contributed by atoms with Gasteiger partial charge < -0.3 is 0 Å². The number of hydrogen-bond donors (Lipinski definition) is 0. The van der Waals surface area contributed by atoms with Gasteiger partial charge in [-0.1, -0.05) is 23.6 Å². The minimum absolute atomic E-state index is 0.726. The van der Waals surface area contributed by atoms with Gasteiger partial charge in [-0.25, -0.2) is 0 Å². The van der Waals surface area contributed by atoms with E-state index in [1.54, 1.807) is 0 Å². The van der Waals surface area contributed by atoms with Crippen molar-refractivity contribution in [1.29, 1.82) is 0 Å². The zero-order chi connectivity index (χ0) is 8.10. The number of benzene rings is 1. The second-order valence-corrected chi connectivity index (χ2v) is 2.96. The molecule has 1 aromatic rings. The van der Waals surface area contributed by atoms with Crippen molar-refractivity contribution in [3.8, 4) is 9.85 Å². The molecule has 0 unspecified atom stereocenters. The van der Waals surface area contributed by atoms with E-state index in [9.17, 15) is 0 Å². The maximum atomic E-state index is 5.75. The molecule has 0 atom stereocenters. The van der Waals surface area contributed by atoms with Crippen LogP contribution in [0.25, 0.3) is 0 Å². The summed E-state index contributed by atoms with van der Waals surface area (Å²) in [5.74, 6) is 2.94. The highest BCUT2D eigenvalue weighted by molar-refractivity contribution is 14.1. The van der Waals surface area contributed by atoms with Crippen molar-refractivity contribution >= 4 is 34.2 Å². The van der Waals surface area contributed by atoms with E-state index >= 15 is 0 Å². The third-order valence-electron chi connectivity index (χ3n) is 1.17. The SMILES string of the molecule is Clc1cc[c]c(CC#CI)c1. The molecule has 0 saturated carbocycles. The first-order chi connectivity index (χ1) is 5.33. The molecule has 0 bridgehead atoms. The van der Waals surface area contributed by atoms with E-state index in [4.69, 9.17) is 11.6 Å². The number of rotatable bonds is 1. The zero-order valence-electron chi connectivity index (χ0n) is 5.70. The molecule has 0 amide bonds. The molecule has 0 aliphatic heterocycles. The summed E-state index contributed by atoms with van der Waals surface area (Å²) >= 11 is 7.77. The van der Waals surface area contributed by atoms with Gasteiger partial charge in [0, 0.05) is 34.0 Å². The molecule has 2 heteroatoms. The van der Waals surface area contributed by atoms with Crippen molar-refractivity contribution in [3.63, 3.8) is 0 Å². The van der Waals surface area contributed by atoms with Crippen molar-refractivity contribution in [2.75, 3.05) is 0 Å². The first-order valence-corrected chi connectivity index (χ1v) is 4.53. The lowest BCUT2D eigenvalue weighted by atomic mass is 10.2.